The lowest BCUT2D eigenvalue weighted by Gasteiger charge is -2.19. The molecule has 0 aliphatic carbocycles. The van der Waals surface area contributed by atoms with Gasteiger partial charge in [-0.25, -0.2) is 4.98 Å². The Labute approximate surface area is 119 Å². The van der Waals surface area contributed by atoms with Crippen molar-refractivity contribution in [3.05, 3.63) is 29.6 Å². The molecule has 1 atom stereocenters. The third kappa shape index (κ3) is 3.00. The van der Waals surface area contributed by atoms with Gasteiger partial charge in [0.2, 0.25) is 0 Å². The number of rotatable bonds is 5. The molecule has 108 valence electrons. The molecule has 1 heterocycles. The third-order valence-corrected chi connectivity index (χ3v) is 3.70. The molecule has 0 amide bonds. The number of hydrogen-bond donors (Lipinski definition) is 2. The molecular weight excluding hydrogens is 252 g/mol. The van der Waals surface area contributed by atoms with Crippen LogP contribution in [0.15, 0.2) is 18.2 Å². The summed E-state index contributed by atoms with van der Waals surface area (Å²) in [5.41, 5.74) is 2.99. The maximum absolute atomic E-state index is 11.0. The number of aromatic nitrogens is 2. The molecule has 1 aromatic heterocycles. The third-order valence-electron chi connectivity index (χ3n) is 3.70. The van der Waals surface area contributed by atoms with Crippen molar-refractivity contribution in [2.24, 2.45) is 5.92 Å². The molecule has 2 rings (SSSR count). The SMILES string of the molecule is CC(C)c1nc2ccc(C(CC(=O)O)C(C)C)cc2[nH]1. The van der Waals surface area contributed by atoms with Crippen molar-refractivity contribution in [1.82, 2.24) is 9.97 Å². The number of H-pyrrole nitrogens is 1. The van der Waals surface area contributed by atoms with E-state index >= 15 is 0 Å². The van der Waals surface area contributed by atoms with E-state index in [4.69, 9.17) is 5.11 Å². The molecule has 1 unspecified atom stereocenters. The Balaban J connectivity index is 2.40. The quantitative estimate of drug-likeness (QED) is 0.869. The van der Waals surface area contributed by atoms with Crippen molar-refractivity contribution < 1.29 is 9.90 Å². The number of imidazole rings is 1. The first-order chi connectivity index (χ1) is 9.38. The van der Waals surface area contributed by atoms with Crippen molar-refractivity contribution in [3.8, 4) is 0 Å². The van der Waals surface area contributed by atoms with Crippen LogP contribution in [0.1, 0.15) is 57.3 Å². The Hall–Kier alpha value is -1.84. The molecule has 4 heteroatoms. The average Bonchev–Trinajstić information content (AvgIpc) is 2.78. The van der Waals surface area contributed by atoms with E-state index in [0.717, 1.165) is 22.4 Å². The minimum atomic E-state index is -0.753. The molecule has 0 aliphatic heterocycles. The number of benzene rings is 1. The van der Waals surface area contributed by atoms with E-state index in [2.05, 4.69) is 37.7 Å². The number of fused-ring (bicyclic) bond motifs is 1. The van der Waals surface area contributed by atoms with E-state index in [1.807, 2.05) is 18.2 Å². The maximum Gasteiger partial charge on any atom is 0.303 e. The Morgan fingerprint density at radius 3 is 2.55 bits per heavy atom. The van der Waals surface area contributed by atoms with Crippen LogP contribution in [0, 0.1) is 5.92 Å². The van der Waals surface area contributed by atoms with Gasteiger partial charge >= 0.3 is 5.97 Å². The van der Waals surface area contributed by atoms with Gasteiger partial charge in [-0.3, -0.25) is 4.79 Å². The van der Waals surface area contributed by atoms with E-state index in [0.29, 0.717) is 5.92 Å². The molecule has 0 radical (unpaired) electrons. The van der Waals surface area contributed by atoms with E-state index in [9.17, 15) is 4.79 Å². The summed E-state index contributed by atoms with van der Waals surface area (Å²) in [6.45, 7) is 8.31. The molecule has 20 heavy (non-hydrogen) atoms. The summed E-state index contributed by atoms with van der Waals surface area (Å²) in [7, 11) is 0. The number of carbonyl (C=O) groups is 1. The first-order valence-electron chi connectivity index (χ1n) is 7.09. The second-order valence-electron chi connectivity index (χ2n) is 6.00. The number of carboxylic acids is 1. The number of hydrogen-bond acceptors (Lipinski definition) is 2. The van der Waals surface area contributed by atoms with Gasteiger partial charge in [0, 0.05) is 5.92 Å². The highest BCUT2D eigenvalue weighted by molar-refractivity contribution is 5.76. The first-order valence-corrected chi connectivity index (χ1v) is 7.09. The summed E-state index contributed by atoms with van der Waals surface area (Å²) in [4.78, 5) is 18.9. The van der Waals surface area contributed by atoms with E-state index < -0.39 is 5.97 Å². The summed E-state index contributed by atoms with van der Waals surface area (Å²) in [5.74, 6) is 0.886. The molecule has 0 saturated carbocycles. The van der Waals surface area contributed by atoms with Crippen LogP contribution < -0.4 is 0 Å². The van der Waals surface area contributed by atoms with Crippen molar-refractivity contribution in [2.45, 2.75) is 46.0 Å². The predicted octanol–water partition coefficient (Wildman–Crippen LogP) is 3.90. The lowest BCUT2D eigenvalue weighted by atomic mass is 9.85. The number of aliphatic carboxylic acids is 1. The smallest absolute Gasteiger partial charge is 0.303 e. The second-order valence-corrected chi connectivity index (χ2v) is 6.00. The Bertz CT molecular complexity index is 614. The molecule has 2 N–H and O–H groups in total. The fourth-order valence-electron chi connectivity index (χ4n) is 2.48. The van der Waals surface area contributed by atoms with Gasteiger partial charge < -0.3 is 10.1 Å². The highest BCUT2D eigenvalue weighted by Crippen LogP contribution is 2.30. The highest BCUT2D eigenvalue weighted by atomic mass is 16.4. The number of nitrogens with zero attached hydrogens (tertiary/aromatic N) is 1. The van der Waals surface area contributed by atoms with Gasteiger partial charge in [-0.05, 0) is 29.5 Å². The summed E-state index contributed by atoms with van der Waals surface area (Å²) in [6.07, 6.45) is 0.161. The van der Waals surface area contributed by atoms with Gasteiger partial charge in [0.15, 0.2) is 0 Å². The van der Waals surface area contributed by atoms with Crippen LogP contribution in [0.25, 0.3) is 11.0 Å². The van der Waals surface area contributed by atoms with Gasteiger partial charge in [0.25, 0.3) is 0 Å². The lowest BCUT2D eigenvalue weighted by Crippen LogP contribution is -2.12. The van der Waals surface area contributed by atoms with Gasteiger partial charge in [0.05, 0.1) is 17.5 Å². The van der Waals surface area contributed by atoms with Gasteiger partial charge in [-0.15, -0.1) is 0 Å². The Kier molecular flexibility index (Phi) is 4.12. The summed E-state index contributed by atoms with van der Waals surface area (Å²) in [6, 6.07) is 6.02. The van der Waals surface area contributed by atoms with Crippen LogP contribution in [0.3, 0.4) is 0 Å². The number of aromatic amines is 1. The second kappa shape index (κ2) is 5.65. The van der Waals surface area contributed by atoms with Crippen LogP contribution >= 0.6 is 0 Å². The first kappa shape index (κ1) is 14.6. The van der Waals surface area contributed by atoms with Crippen LogP contribution in [0.4, 0.5) is 0 Å². The standard InChI is InChI=1S/C16H22N2O2/c1-9(2)12(8-15(19)20)11-5-6-13-14(7-11)18-16(17-13)10(3)4/h5-7,9-10,12H,8H2,1-4H3,(H,17,18)(H,19,20). The van der Waals surface area contributed by atoms with Gasteiger partial charge in [-0.1, -0.05) is 33.8 Å². The molecule has 2 aromatic rings. The van der Waals surface area contributed by atoms with Crippen LogP contribution in [0.2, 0.25) is 0 Å². The summed E-state index contributed by atoms with van der Waals surface area (Å²) < 4.78 is 0. The molecule has 1 aromatic carbocycles. The van der Waals surface area contributed by atoms with Gasteiger partial charge in [-0.2, -0.15) is 0 Å². The number of nitrogens with one attached hydrogen (secondary N) is 1. The zero-order valence-corrected chi connectivity index (χ0v) is 12.5. The minimum absolute atomic E-state index is 0.0303. The van der Waals surface area contributed by atoms with E-state index in [-0.39, 0.29) is 18.3 Å². The van der Waals surface area contributed by atoms with Gasteiger partial charge in [0.1, 0.15) is 5.82 Å². The molecule has 0 spiro atoms. The fraction of sp³-hybridized carbons (Fsp3) is 0.500. The lowest BCUT2D eigenvalue weighted by molar-refractivity contribution is -0.137. The Morgan fingerprint density at radius 2 is 2.00 bits per heavy atom. The highest BCUT2D eigenvalue weighted by Gasteiger charge is 2.20. The van der Waals surface area contributed by atoms with Crippen LogP contribution in [-0.4, -0.2) is 21.0 Å². The minimum Gasteiger partial charge on any atom is -0.481 e. The normalized spacial score (nSPS) is 13.3. The average molecular weight is 274 g/mol. The zero-order chi connectivity index (χ0) is 14.9. The summed E-state index contributed by atoms with van der Waals surface area (Å²) >= 11 is 0. The van der Waals surface area contributed by atoms with E-state index in [1.54, 1.807) is 0 Å². The van der Waals surface area contributed by atoms with Crippen LogP contribution in [-0.2, 0) is 4.79 Å². The topological polar surface area (TPSA) is 66.0 Å². The Morgan fingerprint density at radius 1 is 1.30 bits per heavy atom. The van der Waals surface area contributed by atoms with Crippen molar-refractivity contribution in [3.63, 3.8) is 0 Å². The van der Waals surface area contributed by atoms with Crippen LogP contribution in [0.5, 0.6) is 0 Å². The maximum atomic E-state index is 11.0. The molecule has 4 nitrogen and oxygen atoms in total. The zero-order valence-electron chi connectivity index (χ0n) is 12.5. The summed E-state index contributed by atoms with van der Waals surface area (Å²) in [5, 5.41) is 9.06. The molecule has 0 saturated heterocycles. The van der Waals surface area contributed by atoms with Crippen molar-refractivity contribution >= 4 is 17.0 Å². The van der Waals surface area contributed by atoms with Crippen molar-refractivity contribution in [2.75, 3.05) is 0 Å². The monoisotopic (exact) mass is 274 g/mol. The van der Waals surface area contributed by atoms with E-state index in [1.165, 1.54) is 0 Å². The molecule has 0 fully saturated rings. The fourth-order valence-corrected chi connectivity index (χ4v) is 2.48. The molecule has 0 aliphatic rings. The largest absolute Gasteiger partial charge is 0.481 e. The predicted molar refractivity (Wildman–Crippen MR) is 80.0 cm³/mol. The molecule has 0 bridgehead atoms. The van der Waals surface area contributed by atoms with Crippen molar-refractivity contribution in [1.29, 1.82) is 0 Å². The molecular formula is C16H22N2O2. The number of carboxylic acid groups (broad SMARTS) is 1.